The van der Waals surface area contributed by atoms with Crippen LogP contribution >= 0.6 is 0 Å². The van der Waals surface area contributed by atoms with Gasteiger partial charge in [-0.1, -0.05) is 11.2 Å². The summed E-state index contributed by atoms with van der Waals surface area (Å²) >= 11 is -0.780. The lowest BCUT2D eigenvalue weighted by molar-refractivity contribution is 0.139. The van der Waals surface area contributed by atoms with Crippen molar-refractivity contribution in [3.8, 4) is 11.1 Å². The topological polar surface area (TPSA) is 123 Å². The van der Waals surface area contributed by atoms with E-state index in [4.69, 9.17) is 9.29 Å². The summed E-state index contributed by atoms with van der Waals surface area (Å²) in [5.74, 6) is 0.895. The number of rotatable bonds is 6. The van der Waals surface area contributed by atoms with Crippen molar-refractivity contribution in [3.63, 3.8) is 0 Å². The third-order valence-electron chi connectivity index (χ3n) is 5.40. The number of halogens is 1. The maximum atomic E-state index is 14.9. The minimum absolute atomic E-state index is 0.0490. The maximum absolute atomic E-state index is 14.9. The van der Waals surface area contributed by atoms with Crippen molar-refractivity contribution in [1.82, 2.24) is 4.98 Å². The molecule has 172 valence electrons. The fourth-order valence-corrected chi connectivity index (χ4v) is 5.28. The van der Waals surface area contributed by atoms with E-state index in [0.717, 1.165) is 5.82 Å². The number of carbonyl (C=O) groups excluding carboxylic acids is 1. The standard InChI is InChI=1S/C20H22FN3O6S2/c21-18-11-15(24-13-16(30-20(24)25)5-10-32(27,28)29)2-3-17(18)14-1-4-19(22-12-14)23-6-8-31(26)9-7-23/h1-4,11-12,16H,5-10,13H2,(H,27,28,29)/t16-/m1/s1. The molecular formula is C20H22FN3O6S2. The number of aromatic nitrogens is 1. The van der Waals surface area contributed by atoms with Gasteiger partial charge in [0.1, 0.15) is 29.2 Å². The monoisotopic (exact) mass is 483 g/mol. The van der Waals surface area contributed by atoms with E-state index >= 15 is 0 Å². The molecule has 0 aliphatic carbocycles. The van der Waals surface area contributed by atoms with Crippen LogP contribution in [0.4, 0.5) is 20.7 Å². The third kappa shape index (κ3) is 5.31. The van der Waals surface area contributed by atoms with Gasteiger partial charge in [-0.2, -0.15) is 8.42 Å². The van der Waals surface area contributed by atoms with E-state index in [2.05, 4.69) is 4.98 Å². The van der Waals surface area contributed by atoms with Gasteiger partial charge in [-0.25, -0.2) is 14.2 Å². The predicted molar refractivity (Wildman–Crippen MR) is 118 cm³/mol. The number of carbonyl (C=O) groups is 1. The highest BCUT2D eigenvalue weighted by Crippen LogP contribution is 2.30. The molecule has 0 unspecified atom stereocenters. The van der Waals surface area contributed by atoms with Gasteiger partial charge in [0.15, 0.2) is 0 Å². The van der Waals surface area contributed by atoms with Crippen LogP contribution in [-0.4, -0.2) is 71.6 Å². The molecule has 0 spiro atoms. The summed E-state index contributed by atoms with van der Waals surface area (Å²) in [6.45, 7) is 1.39. The molecule has 1 aromatic carbocycles. The molecule has 1 aromatic heterocycles. The summed E-state index contributed by atoms with van der Waals surface area (Å²) in [5, 5.41) is 0. The minimum Gasteiger partial charge on any atom is -0.616 e. The number of ether oxygens (including phenoxy) is 1. The van der Waals surface area contributed by atoms with Crippen LogP contribution in [-0.2, 0) is 26.0 Å². The Hall–Kier alpha value is -2.41. The van der Waals surface area contributed by atoms with E-state index in [1.54, 1.807) is 30.5 Å². The zero-order valence-electron chi connectivity index (χ0n) is 17.0. The molecule has 32 heavy (non-hydrogen) atoms. The average molecular weight is 484 g/mol. The number of pyridine rings is 1. The first-order chi connectivity index (χ1) is 15.2. The smallest absolute Gasteiger partial charge is 0.414 e. The Morgan fingerprint density at radius 1 is 1.25 bits per heavy atom. The lowest BCUT2D eigenvalue weighted by atomic mass is 10.1. The van der Waals surface area contributed by atoms with Crippen molar-refractivity contribution < 1.29 is 31.4 Å². The minimum atomic E-state index is -4.16. The number of amides is 1. The zero-order valence-corrected chi connectivity index (χ0v) is 18.6. The molecule has 4 rings (SSSR count). The highest BCUT2D eigenvalue weighted by atomic mass is 32.2. The zero-order chi connectivity index (χ0) is 22.9. The Morgan fingerprint density at radius 2 is 2.00 bits per heavy atom. The maximum Gasteiger partial charge on any atom is 0.414 e. The number of nitrogens with zero attached hydrogens (tertiary/aromatic N) is 3. The Labute approximate surface area is 188 Å². The molecule has 2 aliphatic heterocycles. The van der Waals surface area contributed by atoms with Crippen LogP contribution in [0.1, 0.15) is 6.42 Å². The van der Waals surface area contributed by atoms with Crippen LogP contribution in [0.3, 0.4) is 0 Å². The molecule has 2 saturated heterocycles. The fraction of sp³-hybridized carbons (Fsp3) is 0.400. The molecule has 12 heteroatoms. The summed E-state index contributed by atoms with van der Waals surface area (Å²) in [4.78, 5) is 19.8. The predicted octanol–water partition coefficient (Wildman–Crippen LogP) is 2.06. The first-order valence-corrected chi connectivity index (χ1v) is 13.1. The van der Waals surface area contributed by atoms with Crippen LogP contribution in [0, 0.1) is 5.82 Å². The van der Waals surface area contributed by atoms with Gasteiger partial charge in [0.25, 0.3) is 10.1 Å². The molecule has 0 saturated carbocycles. The van der Waals surface area contributed by atoms with Crippen molar-refractivity contribution in [1.29, 1.82) is 0 Å². The largest absolute Gasteiger partial charge is 0.616 e. The van der Waals surface area contributed by atoms with Crippen LogP contribution in [0.15, 0.2) is 36.5 Å². The summed E-state index contributed by atoms with van der Waals surface area (Å²) in [6.07, 6.45) is 0.114. The first-order valence-electron chi connectivity index (χ1n) is 9.99. The van der Waals surface area contributed by atoms with Gasteiger partial charge in [-0.05, 0) is 30.3 Å². The quantitative estimate of drug-likeness (QED) is 0.489. The van der Waals surface area contributed by atoms with Gasteiger partial charge < -0.3 is 14.2 Å². The van der Waals surface area contributed by atoms with Crippen molar-refractivity contribution in [2.24, 2.45) is 0 Å². The lowest BCUT2D eigenvalue weighted by Gasteiger charge is -2.29. The number of hydrogen-bond acceptors (Lipinski definition) is 7. The van der Waals surface area contributed by atoms with E-state index in [1.165, 1.54) is 11.0 Å². The van der Waals surface area contributed by atoms with E-state index < -0.39 is 45.1 Å². The van der Waals surface area contributed by atoms with Crippen molar-refractivity contribution in [2.45, 2.75) is 12.5 Å². The van der Waals surface area contributed by atoms with Gasteiger partial charge in [0, 0.05) is 23.7 Å². The summed E-state index contributed by atoms with van der Waals surface area (Å²) in [6, 6.07) is 7.91. The number of hydrogen-bond donors (Lipinski definition) is 1. The molecule has 1 amide bonds. The fourth-order valence-electron chi connectivity index (χ4n) is 3.67. The molecule has 1 atom stereocenters. The molecule has 0 bridgehead atoms. The van der Waals surface area contributed by atoms with Crippen LogP contribution in [0.2, 0.25) is 0 Å². The summed E-state index contributed by atoms with van der Waals surface area (Å²) in [5.41, 5.74) is 1.19. The highest BCUT2D eigenvalue weighted by Gasteiger charge is 2.33. The lowest BCUT2D eigenvalue weighted by Crippen LogP contribution is -2.40. The molecule has 9 nitrogen and oxygen atoms in total. The van der Waals surface area contributed by atoms with Crippen LogP contribution in [0.25, 0.3) is 11.1 Å². The Kier molecular flexibility index (Phi) is 6.56. The Morgan fingerprint density at radius 3 is 2.62 bits per heavy atom. The van der Waals surface area contributed by atoms with Gasteiger partial charge in [0.05, 0.1) is 31.1 Å². The van der Waals surface area contributed by atoms with Gasteiger partial charge in [0.2, 0.25) is 0 Å². The molecule has 2 aliphatic rings. The molecule has 3 heterocycles. The SMILES string of the molecule is O=C1O[C@H](CCS(=O)(=O)O)CN1c1ccc(-c2ccc(N3CC[S+]([O-])CC3)nc2)c(F)c1. The second-order valence-corrected chi connectivity index (χ2v) is 10.9. The number of benzene rings is 1. The normalized spacial score (nSPS) is 20.0. The van der Waals surface area contributed by atoms with Crippen molar-refractivity contribution >= 4 is 38.9 Å². The highest BCUT2D eigenvalue weighted by molar-refractivity contribution is 7.91. The second kappa shape index (κ2) is 9.22. The Balaban J connectivity index is 1.45. The van der Waals surface area contributed by atoms with Crippen LogP contribution in [0.5, 0.6) is 0 Å². The first kappa shape index (κ1) is 22.8. The van der Waals surface area contributed by atoms with E-state index in [1.807, 2.05) is 4.90 Å². The molecule has 2 aromatic rings. The Bertz CT molecular complexity index is 1090. The second-order valence-electron chi connectivity index (χ2n) is 7.60. The molecule has 2 fully saturated rings. The molecule has 1 N–H and O–H groups in total. The van der Waals surface area contributed by atoms with Gasteiger partial charge in [-0.3, -0.25) is 9.45 Å². The van der Waals surface area contributed by atoms with E-state index in [9.17, 15) is 22.2 Å². The van der Waals surface area contributed by atoms with Gasteiger partial charge >= 0.3 is 6.09 Å². The molecular weight excluding hydrogens is 461 g/mol. The third-order valence-corrected chi connectivity index (χ3v) is 7.42. The summed E-state index contributed by atoms with van der Waals surface area (Å²) < 4.78 is 62.1. The number of cyclic esters (lactones) is 1. The van der Waals surface area contributed by atoms with E-state index in [-0.39, 0.29) is 18.7 Å². The van der Waals surface area contributed by atoms with E-state index in [0.29, 0.717) is 35.7 Å². The van der Waals surface area contributed by atoms with Gasteiger partial charge in [-0.15, -0.1) is 0 Å². The average Bonchev–Trinajstić information content (AvgIpc) is 3.13. The van der Waals surface area contributed by atoms with Crippen molar-refractivity contribution in [3.05, 3.63) is 42.3 Å². The van der Waals surface area contributed by atoms with Crippen LogP contribution < -0.4 is 9.80 Å². The molecule has 0 radical (unpaired) electrons. The van der Waals surface area contributed by atoms with Crippen molar-refractivity contribution in [2.75, 3.05) is 46.7 Å². The summed E-state index contributed by atoms with van der Waals surface area (Å²) in [7, 11) is -4.16. The number of anilines is 2.